The van der Waals surface area contributed by atoms with Crippen molar-refractivity contribution in [2.24, 2.45) is 0 Å². The van der Waals surface area contributed by atoms with Crippen molar-refractivity contribution < 1.29 is 4.39 Å². The van der Waals surface area contributed by atoms with Crippen LogP contribution in [0.25, 0.3) is 5.83 Å². The van der Waals surface area contributed by atoms with Gasteiger partial charge in [0, 0.05) is 5.56 Å². The van der Waals surface area contributed by atoms with Crippen LogP contribution in [0.1, 0.15) is 31.7 Å². The Balaban J connectivity index is 2.57. The molecular formula is C12H15F. The first-order valence-electron chi connectivity index (χ1n) is 4.75. The van der Waals surface area contributed by atoms with E-state index in [1.165, 1.54) is 0 Å². The van der Waals surface area contributed by atoms with Gasteiger partial charge in [0.15, 0.2) is 0 Å². The molecule has 0 amide bonds. The van der Waals surface area contributed by atoms with Crippen LogP contribution in [-0.4, -0.2) is 0 Å². The molecule has 1 rings (SSSR count). The van der Waals surface area contributed by atoms with Crippen LogP contribution in [0.2, 0.25) is 0 Å². The molecule has 70 valence electrons. The van der Waals surface area contributed by atoms with E-state index in [4.69, 9.17) is 0 Å². The summed E-state index contributed by atoms with van der Waals surface area (Å²) in [5.41, 5.74) is 0.679. The minimum absolute atomic E-state index is 0.103. The fourth-order valence-corrected chi connectivity index (χ4v) is 1.15. The maximum absolute atomic E-state index is 13.3. The highest BCUT2D eigenvalue weighted by Crippen LogP contribution is 2.16. The molecule has 0 unspecified atom stereocenters. The zero-order valence-corrected chi connectivity index (χ0v) is 7.96. The second-order valence-corrected chi connectivity index (χ2v) is 3.06. The van der Waals surface area contributed by atoms with Crippen molar-refractivity contribution in [1.82, 2.24) is 0 Å². The monoisotopic (exact) mass is 178 g/mol. The third-order valence-electron chi connectivity index (χ3n) is 1.93. The van der Waals surface area contributed by atoms with E-state index in [1.807, 2.05) is 18.2 Å². The number of unbranched alkanes of at least 4 members (excludes halogenated alkanes) is 2. The van der Waals surface area contributed by atoms with E-state index < -0.39 is 0 Å². The quantitative estimate of drug-likeness (QED) is 0.606. The maximum atomic E-state index is 13.3. The summed E-state index contributed by atoms with van der Waals surface area (Å²) in [6.45, 7) is 2.11. The van der Waals surface area contributed by atoms with Crippen molar-refractivity contribution in [3.05, 3.63) is 42.0 Å². The molecule has 1 aromatic rings. The van der Waals surface area contributed by atoms with Gasteiger partial charge in [0.2, 0.25) is 0 Å². The first kappa shape index (κ1) is 9.97. The predicted octanol–water partition coefficient (Wildman–Crippen LogP) is 4.19. The average molecular weight is 178 g/mol. The minimum atomic E-state index is -0.103. The smallest absolute Gasteiger partial charge is 0.126 e. The summed E-state index contributed by atoms with van der Waals surface area (Å²) in [4.78, 5) is 0. The topological polar surface area (TPSA) is 0 Å². The van der Waals surface area contributed by atoms with E-state index in [1.54, 1.807) is 18.2 Å². The zero-order valence-electron chi connectivity index (χ0n) is 7.96. The molecule has 0 aromatic heterocycles. The van der Waals surface area contributed by atoms with E-state index in [2.05, 4.69) is 6.92 Å². The lowest BCUT2D eigenvalue weighted by Crippen LogP contribution is -1.77. The van der Waals surface area contributed by atoms with Gasteiger partial charge in [-0.05, 0) is 18.9 Å². The molecule has 0 heterocycles. The average Bonchev–Trinajstić information content (AvgIpc) is 2.19. The summed E-state index contributed by atoms with van der Waals surface area (Å²) >= 11 is 0. The second kappa shape index (κ2) is 5.52. The van der Waals surface area contributed by atoms with Crippen LogP contribution in [0.15, 0.2) is 36.4 Å². The Morgan fingerprint density at radius 2 is 2.00 bits per heavy atom. The summed E-state index contributed by atoms with van der Waals surface area (Å²) in [6.07, 6.45) is 4.66. The van der Waals surface area contributed by atoms with Crippen molar-refractivity contribution in [3.63, 3.8) is 0 Å². The van der Waals surface area contributed by atoms with Gasteiger partial charge in [0.25, 0.3) is 0 Å². The molecule has 13 heavy (non-hydrogen) atoms. The third-order valence-corrected chi connectivity index (χ3v) is 1.93. The second-order valence-electron chi connectivity index (χ2n) is 3.06. The summed E-state index contributed by atoms with van der Waals surface area (Å²) < 4.78 is 13.3. The van der Waals surface area contributed by atoms with Gasteiger partial charge in [-0.3, -0.25) is 0 Å². The molecule has 0 aliphatic rings. The Hall–Kier alpha value is -1.11. The van der Waals surface area contributed by atoms with Crippen LogP contribution >= 0.6 is 0 Å². The number of hydrogen-bond donors (Lipinski definition) is 0. The highest BCUT2D eigenvalue weighted by molar-refractivity contribution is 5.58. The van der Waals surface area contributed by atoms with Gasteiger partial charge in [0.05, 0.1) is 0 Å². The predicted molar refractivity (Wildman–Crippen MR) is 55.1 cm³/mol. The summed E-state index contributed by atoms with van der Waals surface area (Å²) in [5.74, 6) is -0.103. The normalized spacial score (nSPS) is 11.7. The van der Waals surface area contributed by atoms with Gasteiger partial charge < -0.3 is 0 Å². The Morgan fingerprint density at radius 3 is 2.62 bits per heavy atom. The van der Waals surface area contributed by atoms with E-state index in [0.29, 0.717) is 5.56 Å². The molecule has 0 nitrogen and oxygen atoms in total. The van der Waals surface area contributed by atoms with Gasteiger partial charge in [-0.2, -0.15) is 0 Å². The van der Waals surface area contributed by atoms with Gasteiger partial charge in [-0.1, -0.05) is 43.7 Å². The standard InChI is InChI=1S/C12H15F/c1-2-3-5-10-12(13)11-8-6-4-7-9-11/h4,6-10H,2-3,5H2,1H3/b12-10+. The lowest BCUT2D eigenvalue weighted by molar-refractivity contribution is 0.741. The molecule has 0 radical (unpaired) electrons. The van der Waals surface area contributed by atoms with Crippen molar-refractivity contribution >= 4 is 5.83 Å². The highest BCUT2D eigenvalue weighted by Gasteiger charge is 1.96. The molecule has 0 spiro atoms. The molecule has 0 atom stereocenters. The zero-order chi connectivity index (χ0) is 9.52. The molecule has 0 aliphatic heterocycles. The van der Waals surface area contributed by atoms with Crippen molar-refractivity contribution in [3.8, 4) is 0 Å². The fourth-order valence-electron chi connectivity index (χ4n) is 1.15. The Bertz CT molecular complexity index is 262. The largest absolute Gasteiger partial charge is 0.207 e. The summed E-state index contributed by atoms with van der Waals surface area (Å²) in [6, 6.07) is 9.17. The molecule has 0 saturated heterocycles. The first-order chi connectivity index (χ1) is 6.34. The van der Waals surface area contributed by atoms with Crippen molar-refractivity contribution in [2.75, 3.05) is 0 Å². The van der Waals surface area contributed by atoms with Crippen molar-refractivity contribution in [2.45, 2.75) is 26.2 Å². The number of hydrogen-bond acceptors (Lipinski definition) is 0. The molecule has 1 heteroatoms. The Labute approximate surface area is 79.1 Å². The van der Waals surface area contributed by atoms with Crippen LogP contribution in [0.3, 0.4) is 0 Å². The van der Waals surface area contributed by atoms with Gasteiger partial charge in [-0.25, -0.2) is 4.39 Å². The number of rotatable bonds is 4. The van der Waals surface area contributed by atoms with Gasteiger partial charge in [-0.15, -0.1) is 0 Å². The van der Waals surface area contributed by atoms with Crippen LogP contribution in [0.4, 0.5) is 4.39 Å². The Kier molecular flexibility index (Phi) is 4.24. The fraction of sp³-hybridized carbons (Fsp3) is 0.333. The SMILES string of the molecule is CCCC/C=C(/F)c1ccccc1. The molecule has 0 saturated carbocycles. The molecule has 0 bridgehead atoms. The molecule has 0 N–H and O–H groups in total. The van der Waals surface area contributed by atoms with Crippen LogP contribution in [0.5, 0.6) is 0 Å². The van der Waals surface area contributed by atoms with Gasteiger partial charge >= 0.3 is 0 Å². The van der Waals surface area contributed by atoms with Gasteiger partial charge in [0.1, 0.15) is 5.83 Å². The molecule has 0 aliphatic carbocycles. The van der Waals surface area contributed by atoms with Crippen molar-refractivity contribution in [1.29, 1.82) is 0 Å². The summed E-state index contributed by atoms with van der Waals surface area (Å²) in [5, 5.41) is 0. The molecular weight excluding hydrogens is 163 g/mol. The lowest BCUT2D eigenvalue weighted by Gasteiger charge is -1.96. The minimum Gasteiger partial charge on any atom is -0.207 e. The first-order valence-corrected chi connectivity index (χ1v) is 4.75. The van der Waals surface area contributed by atoms with E-state index >= 15 is 0 Å². The van der Waals surface area contributed by atoms with E-state index in [0.717, 1.165) is 19.3 Å². The van der Waals surface area contributed by atoms with Crippen LogP contribution in [0, 0.1) is 0 Å². The number of benzene rings is 1. The highest BCUT2D eigenvalue weighted by atomic mass is 19.1. The lowest BCUT2D eigenvalue weighted by atomic mass is 10.1. The maximum Gasteiger partial charge on any atom is 0.126 e. The number of halogens is 1. The van der Waals surface area contributed by atoms with Crippen LogP contribution < -0.4 is 0 Å². The molecule has 0 fully saturated rings. The third kappa shape index (κ3) is 3.41. The summed E-state index contributed by atoms with van der Waals surface area (Å²) in [7, 11) is 0. The van der Waals surface area contributed by atoms with E-state index in [9.17, 15) is 4.39 Å². The number of allylic oxidation sites excluding steroid dienone is 1. The molecule has 1 aromatic carbocycles. The van der Waals surface area contributed by atoms with E-state index in [-0.39, 0.29) is 5.83 Å². The van der Waals surface area contributed by atoms with Crippen LogP contribution in [-0.2, 0) is 0 Å². The Morgan fingerprint density at radius 1 is 1.31 bits per heavy atom.